The average Bonchev–Trinajstić information content (AvgIpc) is 2.26. The number of aliphatic hydroxyl groups excluding tert-OH is 1. The van der Waals surface area contributed by atoms with Crippen molar-refractivity contribution in [3.05, 3.63) is 29.8 Å². The zero-order chi connectivity index (χ0) is 10.4. The minimum atomic E-state index is -0.0601. The largest absolute Gasteiger partial charge is 0.497 e. The van der Waals surface area contributed by atoms with E-state index in [4.69, 9.17) is 14.6 Å². The van der Waals surface area contributed by atoms with Gasteiger partial charge in [0.15, 0.2) is 0 Å². The standard InChI is InChI=1S/C11H16O3/c1-13-10-5-3-4-9(8-10)11(14-2)6-7-12/h3-5,8,11-12H,6-7H2,1-2H3. The lowest BCUT2D eigenvalue weighted by Crippen LogP contribution is -2.03. The number of hydrogen-bond donors (Lipinski definition) is 1. The van der Waals surface area contributed by atoms with Gasteiger partial charge >= 0.3 is 0 Å². The summed E-state index contributed by atoms with van der Waals surface area (Å²) in [6.07, 6.45) is 0.541. The number of aliphatic hydroxyl groups is 1. The van der Waals surface area contributed by atoms with Crippen LogP contribution in [0.25, 0.3) is 0 Å². The van der Waals surface area contributed by atoms with Crippen molar-refractivity contribution >= 4 is 0 Å². The fourth-order valence-electron chi connectivity index (χ4n) is 1.38. The highest BCUT2D eigenvalue weighted by Crippen LogP contribution is 2.23. The second-order valence-corrected chi connectivity index (χ2v) is 3.01. The van der Waals surface area contributed by atoms with Crippen LogP contribution in [0.4, 0.5) is 0 Å². The monoisotopic (exact) mass is 196 g/mol. The molecule has 0 saturated heterocycles. The summed E-state index contributed by atoms with van der Waals surface area (Å²) in [6.45, 7) is 0.121. The van der Waals surface area contributed by atoms with Crippen molar-refractivity contribution in [3.63, 3.8) is 0 Å². The third kappa shape index (κ3) is 2.72. The molecule has 1 N–H and O–H groups in total. The second-order valence-electron chi connectivity index (χ2n) is 3.01. The molecule has 0 saturated carbocycles. The van der Waals surface area contributed by atoms with Gasteiger partial charge in [0.25, 0.3) is 0 Å². The van der Waals surface area contributed by atoms with Gasteiger partial charge in [-0.15, -0.1) is 0 Å². The van der Waals surface area contributed by atoms with E-state index in [2.05, 4.69) is 0 Å². The van der Waals surface area contributed by atoms with Crippen LogP contribution in [0.15, 0.2) is 24.3 Å². The molecule has 1 unspecified atom stereocenters. The molecular formula is C11H16O3. The Morgan fingerprint density at radius 1 is 1.36 bits per heavy atom. The van der Waals surface area contributed by atoms with E-state index in [9.17, 15) is 0 Å². The van der Waals surface area contributed by atoms with Gasteiger partial charge in [-0.25, -0.2) is 0 Å². The summed E-state index contributed by atoms with van der Waals surface area (Å²) in [5, 5.41) is 8.84. The number of ether oxygens (including phenoxy) is 2. The molecule has 14 heavy (non-hydrogen) atoms. The molecule has 0 radical (unpaired) electrons. The van der Waals surface area contributed by atoms with Crippen molar-refractivity contribution in [2.75, 3.05) is 20.8 Å². The molecule has 0 heterocycles. The Bertz CT molecular complexity index is 273. The summed E-state index contributed by atoms with van der Waals surface area (Å²) in [7, 11) is 3.27. The van der Waals surface area contributed by atoms with Crippen LogP contribution < -0.4 is 4.74 Å². The molecule has 3 heteroatoms. The number of methoxy groups -OCH3 is 2. The topological polar surface area (TPSA) is 38.7 Å². The molecule has 0 bridgehead atoms. The number of benzene rings is 1. The molecule has 0 aromatic heterocycles. The van der Waals surface area contributed by atoms with Crippen LogP contribution in [0.2, 0.25) is 0 Å². The van der Waals surface area contributed by atoms with Gasteiger partial charge in [-0.1, -0.05) is 12.1 Å². The van der Waals surface area contributed by atoms with Gasteiger partial charge in [-0.2, -0.15) is 0 Å². The van der Waals surface area contributed by atoms with E-state index in [1.54, 1.807) is 14.2 Å². The first-order valence-corrected chi connectivity index (χ1v) is 4.59. The normalized spacial score (nSPS) is 12.5. The van der Waals surface area contributed by atoms with Crippen LogP contribution in [0.3, 0.4) is 0 Å². The molecular weight excluding hydrogens is 180 g/mol. The minimum absolute atomic E-state index is 0.0601. The second kappa shape index (κ2) is 5.62. The zero-order valence-corrected chi connectivity index (χ0v) is 8.56. The van der Waals surface area contributed by atoms with Gasteiger partial charge in [0.05, 0.1) is 13.2 Å². The Morgan fingerprint density at radius 3 is 2.71 bits per heavy atom. The maximum absolute atomic E-state index is 8.84. The highest BCUT2D eigenvalue weighted by atomic mass is 16.5. The minimum Gasteiger partial charge on any atom is -0.497 e. The molecule has 78 valence electrons. The van der Waals surface area contributed by atoms with Crippen LogP contribution in [-0.2, 0) is 4.74 Å². The van der Waals surface area contributed by atoms with Gasteiger partial charge in [0.2, 0.25) is 0 Å². The molecule has 0 amide bonds. The van der Waals surface area contributed by atoms with Gasteiger partial charge in [-0.05, 0) is 17.7 Å². The molecule has 0 aliphatic carbocycles. The zero-order valence-electron chi connectivity index (χ0n) is 8.56. The van der Waals surface area contributed by atoms with Gasteiger partial charge in [-0.3, -0.25) is 0 Å². The highest BCUT2D eigenvalue weighted by molar-refractivity contribution is 5.29. The summed E-state index contributed by atoms with van der Waals surface area (Å²) in [5.74, 6) is 0.808. The van der Waals surface area contributed by atoms with E-state index in [0.717, 1.165) is 11.3 Å². The summed E-state index contributed by atoms with van der Waals surface area (Å²) < 4.78 is 10.4. The van der Waals surface area contributed by atoms with E-state index >= 15 is 0 Å². The van der Waals surface area contributed by atoms with E-state index < -0.39 is 0 Å². The molecule has 1 rings (SSSR count). The molecule has 3 nitrogen and oxygen atoms in total. The van der Waals surface area contributed by atoms with E-state index in [0.29, 0.717) is 6.42 Å². The maximum atomic E-state index is 8.84. The highest BCUT2D eigenvalue weighted by Gasteiger charge is 2.09. The first-order chi connectivity index (χ1) is 6.81. The van der Waals surface area contributed by atoms with E-state index in [1.165, 1.54) is 0 Å². The van der Waals surface area contributed by atoms with Crippen molar-refractivity contribution in [1.82, 2.24) is 0 Å². The Balaban J connectivity index is 2.80. The van der Waals surface area contributed by atoms with Crippen LogP contribution >= 0.6 is 0 Å². The van der Waals surface area contributed by atoms with Crippen LogP contribution in [0.1, 0.15) is 18.1 Å². The predicted molar refractivity (Wildman–Crippen MR) is 54.4 cm³/mol. The van der Waals surface area contributed by atoms with E-state index in [1.807, 2.05) is 24.3 Å². The maximum Gasteiger partial charge on any atom is 0.119 e. The van der Waals surface area contributed by atoms with Crippen molar-refractivity contribution in [2.45, 2.75) is 12.5 Å². The number of rotatable bonds is 5. The summed E-state index contributed by atoms with van der Waals surface area (Å²) in [5.41, 5.74) is 1.03. The summed E-state index contributed by atoms with van der Waals surface area (Å²) >= 11 is 0. The Morgan fingerprint density at radius 2 is 2.14 bits per heavy atom. The molecule has 0 aliphatic heterocycles. The Kier molecular flexibility index (Phi) is 4.43. The van der Waals surface area contributed by atoms with Gasteiger partial charge < -0.3 is 14.6 Å². The lowest BCUT2D eigenvalue weighted by atomic mass is 10.1. The van der Waals surface area contributed by atoms with E-state index in [-0.39, 0.29) is 12.7 Å². The fourth-order valence-corrected chi connectivity index (χ4v) is 1.38. The smallest absolute Gasteiger partial charge is 0.119 e. The molecule has 0 spiro atoms. The Hall–Kier alpha value is -1.06. The van der Waals surface area contributed by atoms with Gasteiger partial charge in [0.1, 0.15) is 5.75 Å². The van der Waals surface area contributed by atoms with Crippen LogP contribution in [0.5, 0.6) is 5.75 Å². The average molecular weight is 196 g/mol. The quantitative estimate of drug-likeness (QED) is 0.780. The third-order valence-corrected chi connectivity index (χ3v) is 2.14. The lowest BCUT2D eigenvalue weighted by Gasteiger charge is -2.14. The summed E-state index contributed by atoms with van der Waals surface area (Å²) in [4.78, 5) is 0. The number of hydrogen-bond acceptors (Lipinski definition) is 3. The molecule has 0 aliphatic rings. The van der Waals surface area contributed by atoms with Crippen LogP contribution in [-0.4, -0.2) is 25.9 Å². The first kappa shape index (κ1) is 11.0. The van der Waals surface area contributed by atoms with Crippen molar-refractivity contribution in [2.24, 2.45) is 0 Å². The fraction of sp³-hybridized carbons (Fsp3) is 0.455. The van der Waals surface area contributed by atoms with Crippen molar-refractivity contribution in [3.8, 4) is 5.75 Å². The molecule has 1 atom stereocenters. The predicted octanol–water partition coefficient (Wildman–Crippen LogP) is 1.77. The molecule has 1 aromatic carbocycles. The van der Waals surface area contributed by atoms with Crippen LogP contribution in [0, 0.1) is 0 Å². The van der Waals surface area contributed by atoms with Crippen molar-refractivity contribution < 1.29 is 14.6 Å². The van der Waals surface area contributed by atoms with Crippen molar-refractivity contribution in [1.29, 1.82) is 0 Å². The molecule has 1 aromatic rings. The van der Waals surface area contributed by atoms with Gasteiger partial charge in [0, 0.05) is 20.1 Å². The first-order valence-electron chi connectivity index (χ1n) is 4.59. The lowest BCUT2D eigenvalue weighted by molar-refractivity contribution is 0.0773. The summed E-state index contributed by atoms with van der Waals surface area (Å²) in [6, 6.07) is 7.68. The SMILES string of the molecule is COc1cccc(C(CCO)OC)c1. The third-order valence-electron chi connectivity index (χ3n) is 2.14. The Labute approximate surface area is 84.3 Å². The molecule has 0 fully saturated rings.